The van der Waals surface area contributed by atoms with Crippen LogP contribution in [0.3, 0.4) is 0 Å². The van der Waals surface area contributed by atoms with Gasteiger partial charge in [-0.15, -0.1) is 0 Å². The maximum atomic E-state index is 12.8. The van der Waals surface area contributed by atoms with Crippen LogP contribution in [0.5, 0.6) is 0 Å². The van der Waals surface area contributed by atoms with Crippen molar-refractivity contribution in [3.05, 3.63) is 60.2 Å². The molecular weight excluding hydrogens is 418 g/mol. The number of amides is 1. The minimum atomic E-state index is -3.64. The van der Waals surface area contributed by atoms with E-state index in [1.165, 1.54) is 16.4 Å². The first-order valence-corrected chi connectivity index (χ1v) is 11.7. The van der Waals surface area contributed by atoms with Gasteiger partial charge in [0, 0.05) is 31.4 Å². The lowest BCUT2D eigenvalue weighted by Crippen LogP contribution is -2.40. The van der Waals surface area contributed by atoms with Gasteiger partial charge in [0.25, 0.3) is 0 Å². The Morgan fingerprint density at radius 3 is 2.55 bits per heavy atom. The Kier molecular flexibility index (Phi) is 8.16. The number of aliphatic hydroxyl groups excluding tert-OH is 1. The minimum absolute atomic E-state index is 0.00691. The van der Waals surface area contributed by atoms with Gasteiger partial charge in [-0.3, -0.25) is 9.69 Å². The van der Waals surface area contributed by atoms with Gasteiger partial charge >= 0.3 is 0 Å². The second-order valence-corrected chi connectivity index (χ2v) is 9.38. The van der Waals surface area contributed by atoms with E-state index in [0.29, 0.717) is 38.4 Å². The van der Waals surface area contributed by atoms with Crippen LogP contribution in [0.25, 0.3) is 0 Å². The molecule has 0 saturated carbocycles. The molecule has 0 radical (unpaired) electrons. The molecule has 1 aliphatic rings. The van der Waals surface area contributed by atoms with Gasteiger partial charge in [0.1, 0.15) is 0 Å². The van der Waals surface area contributed by atoms with E-state index in [-0.39, 0.29) is 30.0 Å². The van der Waals surface area contributed by atoms with E-state index in [4.69, 9.17) is 4.74 Å². The number of anilines is 1. The third-order valence-electron chi connectivity index (χ3n) is 5.24. The molecule has 2 N–H and O–H groups in total. The molecule has 0 bridgehead atoms. The molecule has 3 rings (SSSR count). The lowest BCUT2D eigenvalue weighted by molar-refractivity contribution is -0.117. The summed E-state index contributed by atoms with van der Waals surface area (Å²) in [5.41, 5.74) is 1.44. The molecular formula is C22H29N3O5S. The molecule has 1 heterocycles. The zero-order chi connectivity index (χ0) is 22.3. The Labute approximate surface area is 183 Å². The van der Waals surface area contributed by atoms with Gasteiger partial charge in [-0.2, -0.15) is 4.31 Å². The standard InChI is InChI=1S/C22H29N3O5S/c1-24(21(10-13-26)18-6-3-2-4-7-18)17-22(27)23-19-8-5-9-20(16-19)31(28,29)25-11-14-30-15-12-25/h2-9,16,21,26H,10-15,17H2,1H3,(H,23,27). The summed E-state index contributed by atoms with van der Waals surface area (Å²) in [6.45, 7) is 1.48. The Bertz CT molecular complexity index is 962. The number of nitrogens with zero attached hydrogens (tertiary/aromatic N) is 2. The maximum absolute atomic E-state index is 12.8. The van der Waals surface area contributed by atoms with Crippen LogP contribution in [0.1, 0.15) is 18.0 Å². The zero-order valence-electron chi connectivity index (χ0n) is 17.6. The highest BCUT2D eigenvalue weighted by Crippen LogP contribution is 2.23. The van der Waals surface area contributed by atoms with Gasteiger partial charge in [0.15, 0.2) is 0 Å². The SMILES string of the molecule is CN(CC(=O)Nc1cccc(S(=O)(=O)N2CCOCC2)c1)C(CCO)c1ccccc1. The number of likely N-dealkylation sites (N-methyl/N-ethyl adjacent to an activating group) is 1. The van der Waals surface area contributed by atoms with Crippen LogP contribution >= 0.6 is 0 Å². The van der Waals surface area contributed by atoms with E-state index >= 15 is 0 Å². The number of rotatable bonds is 9. The number of sulfonamides is 1. The van der Waals surface area contributed by atoms with E-state index in [9.17, 15) is 18.3 Å². The summed E-state index contributed by atoms with van der Waals surface area (Å²) in [7, 11) is -1.81. The van der Waals surface area contributed by atoms with Crippen molar-refractivity contribution in [2.45, 2.75) is 17.4 Å². The third kappa shape index (κ3) is 6.11. The first-order chi connectivity index (χ1) is 14.9. The molecule has 31 heavy (non-hydrogen) atoms. The highest BCUT2D eigenvalue weighted by Gasteiger charge is 2.26. The molecule has 1 fully saturated rings. The van der Waals surface area contributed by atoms with E-state index in [1.807, 2.05) is 42.3 Å². The molecule has 0 aliphatic carbocycles. The normalized spacial score (nSPS) is 16.2. The Hall–Kier alpha value is -2.30. The number of carbonyl (C=O) groups excluding carboxylic acids is 1. The molecule has 1 atom stereocenters. The average molecular weight is 448 g/mol. The molecule has 1 aliphatic heterocycles. The van der Waals surface area contributed by atoms with Gasteiger partial charge in [-0.05, 0) is 37.2 Å². The number of nitrogens with one attached hydrogen (secondary N) is 1. The number of hydrogen-bond acceptors (Lipinski definition) is 6. The fourth-order valence-electron chi connectivity index (χ4n) is 3.65. The molecule has 9 heteroatoms. The highest BCUT2D eigenvalue weighted by molar-refractivity contribution is 7.89. The van der Waals surface area contributed by atoms with Crippen LogP contribution in [-0.4, -0.2) is 75.1 Å². The second-order valence-electron chi connectivity index (χ2n) is 7.45. The predicted octanol–water partition coefficient (Wildman–Crippen LogP) is 1.70. The highest BCUT2D eigenvalue weighted by atomic mass is 32.2. The van der Waals surface area contributed by atoms with Gasteiger partial charge in [0.05, 0.1) is 24.7 Å². The third-order valence-corrected chi connectivity index (χ3v) is 7.13. The van der Waals surface area contributed by atoms with Crippen LogP contribution in [0.2, 0.25) is 0 Å². The molecule has 2 aromatic rings. The van der Waals surface area contributed by atoms with Crippen molar-refractivity contribution in [2.24, 2.45) is 0 Å². The summed E-state index contributed by atoms with van der Waals surface area (Å²) in [5, 5.41) is 12.2. The van der Waals surface area contributed by atoms with E-state index < -0.39 is 10.0 Å². The van der Waals surface area contributed by atoms with Crippen LogP contribution in [-0.2, 0) is 19.6 Å². The van der Waals surface area contributed by atoms with Crippen LogP contribution < -0.4 is 5.32 Å². The first-order valence-electron chi connectivity index (χ1n) is 10.3. The molecule has 1 saturated heterocycles. The summed E-state index contributed by atoms with van der Waals surface area (Å²) in [5.74, 6) is -0.262. The average Bonchev–Trinajstić information content (AvgIpc) is 2.78. The number of aliphatic hydroxyl groups is 1. The Morgan fingerprint density at radius 2 is 1.87 bits per heavy atom. The summed E-state index contributed by atoms with van der Waals surface area (Å²) < 4.78 is 32.3. The number of carbonyl (C=O) groups is 1. The first kappa shape index (κ1) is 23.4. The number of benzene rings is 2. The summed E-state index contributed by atoms with van der Waals surface area (Å²) in [6.07, 6.45) is 0.501. The fourth-order valence-corrected chi connectivity index (χ4v) is 5.10. The number of morpholine rings is 1. The Balaban J connectivity index is 1.67. The quantitative estimate of drug-likeness (QED) is 0.607. The molecule has 1 unspecified atom stereocenters. The van der Waals surface area contributed by atoms with Crippen molar-refractivity contribution in [1.82, 2.24) is 9.21 Å². The molecule has 0 aromatic heterocycles. The van der Waals surface area contributed by atoms with Gasteiger partial charge in [-0.1, -0.05) is 36.4 Å². The fraction of sp³-hybridized carbons (Fsp3) is 0.409. The molecule has 0 spiro atoms. The molecule has 2 aromatic carbocycles. The smallest absolute Gasteiger partial charge is 0.243 e. The summed E-state index contributed by atoms with van der Waals surface area (Å²) in [6, 6.07) is 15.9. The topological polar surface area (TPSA) is 99.2 Å². The minimum Gasteiger partial charge on any atom is -0.396 e. The predicted molar refractivity (Wildman–Crippen MR) is 118 cm³/mol. The lowest BCUT2D eigenvalue weighted by atomic mass is 10.0. The van der Waals surface area contributed by atoms with Crippen LogP contribution in [0.4, 0.5) is 5.69 Å². The molecule has 1 amide bonds. The van der Waals surface area contributed by atoms with Crippen molar-refractivity contribution < 1.29 is 23.1 Å². The lowest BCUT2D eigenvalue weighted by Gasteiger charge is -2.27. The van der Waals surface area contributed by atoms with Gasteiger partial charge in [0.2, 0.25) is 15.9 Å². The van der Waals surface area contributed by atoms with Crippen molar-refractivity contribution in [2.75, 3.05) is 51.8 Å². The van der Waals surface area contributed by atoms with Crippen LogP contribution in [0.15, 0.2) is 59.5 Å². The summed E-state index contributed by atoms with van der Waals surface area (Å²) >= 11 is 0. The van der Waals surface area contributed by atoms with E-state index in [2.05, 4.69) is 5.32 Å². The monoisotopic (exact) mass is 447 g/mol. The van der Waals surface area contributed by atoms with E-state index in [1.54, 1.807) is 12.1 Å². The molecule has 168 valence electrons. The largest absolute Gasteiger partial charge is 0.396 e. The maximum Gasteiger partial charge on any atom is 0.243 e. The van der Waals surface area contributed by atoms with Crippen molar-refractivity contribution in [3.8, 4) is 0 Å². The van der Waals surface area contributed by atoms with E-state index in [0.717, 1.165) is 5.56 Å². The molecule has 8 nitrogen and oxygen atoms in total. The zero-order valence-corrected chi connectivity index (χ0v) is 18.4. The van der Waals surface area contributed by atoms with Gasteiger partial charge in [-0.25, -0.2) is 8.42 Å². The van der Waals surface area contributed by atoms with Crippen molar-refractivity contribution >= 4 is 21.6 Å². The Morgan fingerprint density at radius 1 is 1.16 bits per heavy atom. The second kappa shape index (κ2) is 10.8. The van der Waals surface area contributed by atoms with Crippen LogP contribution in [0, 0.1) is 0 Å². The van der Waals surface area contributed by atoms with Crippen molar-refractivity contribution in [1.29, 1.82) is 0 Å². The number of hydrogen-bond donors (Lipinski definition) is 2. The van der Waals surface area contributed by atoms with Crippen molar-refractivity contribution in [3.63, 3.8) is 0 Å². The number of ether oxygens (including phenoxy) is 1. The van der Waals surface area contributed by atoms with Gasteiger partial charge < -0.3 is 15.2 Å². The summed E-state index contributed by atoms with van der Waals surface area (Å²) in [4.78, 5) is 14.6.